The minimum absolute atomic E-state index is 0.197. The average molecular weight is 250 g/mol. The Labute approximate surface area is 110 Å². The summed E-state index contributed by atoms with van der Waals surface area (Å²) in [6.07, 6.45) is 10.6. The number of hydrogen-bond acceptors (Lipinski definition) is 1. The summed E-state index contributed by atoms with van der Waals surface area (Å²) < 4.78 is 0. The van der Waals surface area contributed by atoms with Crippen LogP contribution in [-0.2, 0) is 0 Å². The van der Waals surface area contributed by atoms with Crippen LogP contribution in [0.3, 0.4) is 0 Å². The van der Waals surface area contributed by atoms with Crippen LogP contribution in [0.2, 0.25) is 0 Å². The van der Waals surface area contributed by atoms with Gasteiger partial charge in [-0.15, -0.1) is 0 Å². The van der Waals surface area contributed by atoms with E-state index in [4.69, 9.17) is 0 Å². The number of likely N-dealkylation sites (tertiary alicyclic amines) is 1. The molecule has 0 radical (unpaired) electrons. The van der Waals surface area contributed by atoms with Gasteiger partial charge in [0, 0.05) is 19.6 Å². The van der Waals surface area contributed by atoms with Crippen molar-refractivity contribution in [1.82, 2.24) is 10.2 Å². The minimum Gasteiger partial charge on any atom is -0.338 e. The zero-order valence-corrected chi connectivity index (χ0v) is 11.4. The molecule has 3 rings (SSSR count). The number of rotatable bonds is 4. The van der Waals surface area contributed by atoms with Gasteiger partial charge < -0.3 is 10.2 Å². The largest absolute Gasteiger partial charge is 0.338 e. The maximum atomic E-state index is 12.2. The molecule has 1 saturated heterocycles. The van der Waals surface area contributed by atoms with Crippen molar-refractivity contribution in [3.8, 4) is 0 Å². The van der Waals surface area contributed by atoms with E-state index in [9.17, 15) is 4.79 Å². The highest BCUT2D eigenvalue weighted by Crippen LogP contribution is 2.48. The van der Waals surface area contributed by atoms with E-state index in [1.807, 2.05) is 4.90 Å². The first kappa shape index (κ1) is 12.3. The molecule has 2 saturated carbocycles. The van der Waals surface area contributed by atoms with Gasteiger partial charge in [0.25, 0.3) is 0 Å². The quantitative estimate of drug-likeness (QED) is 0.817. The van der Waals surface area contributed by atoms with Gasteiger partial charge in [0.15, 0.2) is 0 Å². The highest BCUT2D eigenvalue weighted by Gasteiger charge is 2.41. The number of nitrogens with one attached hydrogen (secondary N) is 1. The van der Waals surface area contributed by atoms with Crippen molar-refractivity contribution in [1.29, 1.82) is 0 Å². The normalized spacial score (nSPS) is 25.1. The molecule has 0 aromatic heterocycles. The maximum absolute atomic E-state index is 12.2. The van der Waals surface area contributed by atoms with Crippen molar-refractivity contribution in [2.24, 2.45) is 17.8 Å². The molecule has 3 heteroatoms. The smallest absolute Gasteiger partial charge is 0.317 e. The van der Waals surface area contributed by atoms with Crippen LogP contribution < -0.4 is 5.32 Å². The Morgan fingerprint density at radius 3 is 2.06 bits per heavy atom. The Morgan fingerprint density at radius 2 is 1.56 bits per heavy atom. The molecule has 18 heavy (non-hydrogen) atoms. The van der Waals surface area contributed by atoms with Gasteiger partial charge in [0.1, 0.15) is 0 Å². The lowest BCUT2D eigenvalue weighted by molar-refractivity contribution is 0.196. The molecule has 0 aromatic rings. The molecule has 1 N–H and O–H groups in total. The van der Waals surface area contributed by atoms with Crippen LogP contribution in [0, 0.1) is 17.8 Å². The van der Waals surface area contributed by atoms with Crippen molar-refractivity contribution in [3.63, 3.8) is 0 Å². The number of amides is 2. The third-order valence-corrected chi connectivity index (χ3v) is 4.84. The second-order valence-electron chi connectivity index (χ2n) is 6.43. The van der Waals surface area contributed by atoms with Crippen LogP contribution in [0.15, 0.2) is 0 Å². The molecule has 2 aliphatic carbocycles. The summed E-state index contributed by atoms with van der Waals surface area (Å²) in [5.41, 5.74) is 0. The first-order valence-electron chi connectivity index (χ1n) is 7.87. The fraction of sp³-hybridized carbons (Fsp3) is 0.933. The molecular weight excluding hydrogens is 224 g/mol. The predicted octanol–water partition coefficient (Wildman–Crippen LogP) is 3.01. The molecule has 0 unspecified atom stereocenters. The van der Waals surface area contributed by atoms with Crippen LogP contribution in [0.4, 0.5) is 4.79 Å². The van der Waals surface area contributed by atoms with Crippen molar-refractivity contribution < 1.29 is 4.79 Å². The van der Waals surface area contributed by atoms with Crippen molar-refractivity contribution in [2.45, 2.75) is 51.4 Å². The lowest BCUT2D eigenvalue weighted by atomic mass is 9.98. The first-order chi connectivity index (χ1) is 8.84. The fourth-order valence-corrected chi connectivity index (χ4v) is 3.36. The molecule has 2 amide bonds. The number of urea groups is 1. The summed E-state index contributed by atoms with van der Waals surface area (Å²) in [7, 11) is 0. The van der Waals surface area contributed by atoms with Gasteiger partial charge >= 0.3 is 6.03 Å². The molecule has 1 aliphatic heterocycles. The molecule has 0 aromatic carbocycles. The predicted molar refractivity (Wildman–Crippen MR) is 72.4 cm³/mol. The second kappa shape index (κ2) is 5.50. The van der Waals surface area contributed by atoms with E-state index in [2.05, 4.69) is 5.32 Å². The van der Waals surface area contributed by atoms with E-state index in [1.165, 1.54) is 51.4 Å². The standard InChI is InChI=1S/C15H26N2O/c18-15(17-9-3-1-2-4-10-17)16-11-14(12-5-6-12)13-7-8-13/h12-14H,1-11H2,(H,16,18). The molecule has 3 fully saturated rings. The maximum Gasteiger partial charge on any atom is 0.317 e. The second-order valence-corrected chi connectivity index (χ2v) is 6.43. The van der Waals surface area contributed by atoms with Gasteiger partial charge in [-0.25, -0.2) is 4.79 Å². The van der Waals surface area contributed by atoms with Gasteiger partial charge in [0.05, 0.1) is 0 Å². The lowest BCUT2D eigenvalue weighted by Gasteiger charge is -2.23. The summed E-state index contributed by atoms with van der Waals surface area (Å²) in [5.74, 6) is 2.66. The number of nitrogens with zero attached hydrogens (tertiary/aromatic N) is 1. The Bertz CT molecular complexity index is 277. The molecule has 1 heterocycles. The highest BCUT2D eigenvalue weighted by molar-refractivity contribution is 5.74. The SMILES string of the molecule is O=C(NCC(C1CC1)C1CC1)N1CCCCCC1. The van der Waals surface area contributed by atoms with E-state index in [0.717, 1.165) is 37.4 Å². The first-order valence-corrected chi connectivity index (χ1v) is 7.87. The molecule has 0 spiro atoms. The monoisotopic (exact) mass is 250 g/mol. The van der Waals surface area contributed by atoms with Gasteiger partial charge in [-0.05, 0) is 56.3 Å². The van der Waals surface area contributed by atoms with Gasteiger partial charge in [-0.2, -0.15) is 0 Å². The third-order valence-electron chi connectivity index (χ3n) is 4.84. The molecule has 3 aliphatic rings. The van der Waals surface area contributed by atoms with Crippen LogP contribution in [0.25, 0.3) is 0 Å². The lowest BCUT2D eigenvalue weighted by Crippen LogP contribution is -2.42. The zero-order chi connectivity index (χ0) is 12.4. The van der Waals surface area contributed by atoms with Crippen LogP contribution in [0.5, 0.6) is 0 Å². The van der Waals surface area contributed by atoms with E-state index in [1.54, 1.807) is 0 Å². The zero-order valence-electron chi connectivity index (χ0n) is 11.4. The van der Waals surface area contributed by atoms with Crippen molar-refractivity contribution in [2.75, 3.05) is 19.6 Å². The van der Waals surface area contributed by atoms with Crippen molar-refractivity contribution >= 4 is 6.03 Å². The molecule has 102 valence electrons. The summed E-state index contributed by atoms with van der Waals surface area (Å²) in [4.78, 5) is 14.2. The Kier molecular flexibility index (Phi) is 3.76. The fourth-order valence-electron chi connectivity index (χ4n) is 3.36. The summed E-state index contributed by atoms with van der Waals surface area (Å²) >= 11 is 0. The summed E-state index contributed by atoms with van der Waals surface area (Å²) in [6.45, 7) is 2.86. The Morgan fingerprint density at radius 1 is 1.00 bits per heavy atom. The van der Waals surface area contributed by atoms with Crippen LogP contribution >= 0.6 is 0 Å². The summed E-state index contributed by atoms with van der Waals surface area (Å²) in [6, 6.07) is 0.197. The Balaban J connectivity index is 1.44. The minimum atomic E-state index is 0.197. The van der Waals surface area contributed by atoms with Crippen molar-refractivity contribution in [3.05, 3.63) is 0 Å². The molecular formula is C15H26N2O. The topological polar surface area (TPSA) is 32.3 Å². The van der Waals surface area contributed by atoms with Gasteiger partial charge in [-0.3, -0.25) is 0 Å². The van der Waals surface area contributed by atoms with Gasteiger partial charge in [-0.1, -0.05) is 12.8 Å². The average Bonchev–Trinajstić information content (AvgIpc) is 3.21. The number of carbonyl (C=O) groups is 1. The van der Waals surface area contributed by atoms with Crippen LogP contribution in [-0.4, -0.2) is 30.6 Å². The van der Waals surface area contributed by atoms with E-state index >= 15 is 0 Å². The molecule has 0 atom stereocenters. The number of carbonyl (C=O) groups excluding carboxylic acids is 1. The van der Waals surface area contributed by atoms with Gasteiger partial charge in [0.2, 0.25) is 0 Å². The van der Waals surface area contributed by atoms with E-state index < -0.39 is 0 Å². The van der Waals surface area contributed by atoms with Crippen LogP contribution in [0.1, 0.15) is 51.4 Å². The molecule has 3 nitrogen and oxygen atoms in total. The molecule has 0 bridgehead atoms. The Hall–Kier alpha value is -0.730. The highest BCUT2D eigenvalue weighted by atomic mass is 16.2. The summed E-state index contributed by atoms with van der Waals surface area (Å²) in [5, 5.41) is 3.21. The van der Waals surface area contributed by atoms with E-state index in [-0.39, 0.29) is 6.03 Å². The third kappa shape index (κ3) is 3.18. The van der Waals surface area contributed by atoms with E-state index in [0.29, 0.717) is 0 Å². The number of hydrogen-bond donors (Lipinski definition) is 1.